The molecule has 2 aromatic carbocycles. The van der Waals surface area contributed by atoms with Crippen LogP contribution in [0.5, 0.6) is 0 Å². The summed E-state index contributed by atoms with van der Waals surface area (Å²) < 4.78 is 26.8. The van der Waals surface area contributed by atoms with Gasteiger partial charge in [0.05, 0.1) is 18.3 Å². The van der Waals surface area contributed by atoms with E-state index in [9.17, 15) is 4.79 Å². The second-order valence-electron chi connectivity index (χ2n) is 11.4. The minimum absolute atomic E-state index is 0.0162. The number of ether oxygens (including phenoxy) is 2. The van der Waals surface area contributed by atoms with Gasteiger partial charge in [-0.3, -0.25) is 4.90 Å². The Kier molecular flexibility index (Phi) is 7.55. The summed E-state index contributed by atoms with van der Waals surface area (Å²) in [5.41, 5.74) is 2.12. The predicted molar refractivity (Wildman–Crippen MR) is 138 cm³/mol. The van der Waals surface area contributed by atoms with E-state index in [-0.39, 0.29) is 17.2 Å². The largest absolute Gasteiger partial charge is 0.456 e. The lowest BCUT2D eigenvalue weighted by atomic mass is 9.94. The molecule has 0 N–H and O–H groups in total. The first kappa shape index (κ1) is 26.4. The van der Waals surface area contributed by atoms with E-state index in [1.165, 1.54) is 6.07 Å². The average Bonchev–Trinajstić information content (AvgIpc) is 3.54. The quantitative estimate of drug-likeness (QED) is 0.377. The fraction of sp³-hybridized carbons (Fsp3) is 0.536. The van der Waals surface area contributed by atoms with Gasteiger partial charge < -0.3 is 9.47 Å². The van der Waals surface area contributed by atoms with E-state index >= 15 is 4.39 Å². The SMILES string of the molecule is CC(C)(C)OC(=O)c1cc(C2CC2)c(CN2C[C@@H](Cc3cc(Cl)cc(Cl)c3)OCC2(C)C)cc1F. The van der Waals surface area contributed by atoms with Gasteiger partial charge in [0.15, 0.2) is 0 Å². The lowest BCUT2D eigenvalue weighted by Crippen LogP contribution is -2.56. The fourth-order valence-corrected chi connectivity index (χ4v) is 5.16. The van der Waals surface area contributed by atoms with Crippen LogP contribution in [-0.2, 0) is 22.4 Å². The van der Waals surface area contributed by atoms with Crippen LogP contribution < -0.4 is 0 Å². The second-order valence-corrected chi connectivity index (χ2v) is 12.3. The van der Waals surface area contributed by atoms with E-state index < -0.39 is 17.4 Å². The van der Waals surface area contributed by atoms with E-state index in [2.05, 4.69) is 18.7 Å². The number of rotatable bonds is 6. The predicted octanol–water partition coefficient (Wildman–Crippen LogP) is 7.19. The molecule has 7 heteroatoms. The van der Waals surface area contributed by atoms with Gasteiger partial charge >= 0.3 is 5.97 Å². The topological polar surface area (TPSA) is 38.8 Å². The smallest absolute Gasteiger partial charge is 0.341 e. The molecule has 2 aliphatic rings. The monoisotopic (exact) mass is 521 g/mol. The highest BCUT2D eigenvalue weighted by atomic mass is 35.5. The molecule has 0 amide bonds. The zero-order valence-corrected chi connectivity index (χ0v) is 22.6. The van der Waals surface area contributed by atoms with Crippen molar-refractivity contribution in [3.05, 3.63) is 68.4 Å². The average molecular weight is 522 g/mol. The molecule has 0 unspecified atom stereocenters. The van der Waals surface area contributed by atoms with Crippen LogP contribution in [0.4, 0.5) is 4.39 Å². The van der Waals surface area contributed by atoms with Gasteiger partial charge in [0.25, 0.3) is 0 Å². The molecular weight excluding hydrogens is 488 g/mol. The first-order valence-electron chi connectivity index (χ1n) is 12.2. The van der Waals surface area contributed by atoms with Gasteiger partial charge in [0, 0.05) is 28.7 Å². The highest BCUT2D eigenvalue weighted by Crippen LogP contribution is 2.43. The van der Waals surface area contributed by atoms with Crippen molar-refractivity contribution in [2.75, 3.05) is 13.2 Å². The number of carbonyl (C=O) groups excluding carboxylic acids is 1. The third kappa shape index (κ3) is 6.76. The summed E-state index contributed by atoms with van der Waals surface area (Å²) in [6.07, 6.45) is 2.76. The van der Waals surface area contributed by atoms with Crippen molar-refractivity contribution >= 4 is 29.2 Å². The molecule has 2 aromatic rings. The number of morpholine rings is 1. The summed E-state index contributed by atoms with van der Waals surface area (Å²) in [5, 5.41) is 1.21. The van der Waals surface area contributed by atoms with Crippen molar-refractivity contribution < 1.29 is 18.7 Å². The van der Waals surface area contributed by atoms with E-state index in [4.69, 9.17) is 32.7 Å². The van der Waals surface area contributed by atoms with Crippen LogP contribution in [-0.4, -0.2) is 41.3 Å². The van der Waals surface area contributed by atoms with Crippen molar-refractivity contribution in [2.24, 2.45) is 0 Å². The molecule has 1 saturated carbocycles. The van der Waals surface area contributed by atoms with Gasteiger partial charge in [-0.25, -0.2) is 9.18 Å². The van der Waals surface area contributed by atoms with E-state index in [0.29, 0.717) is 42.1 Å². The Labute approximate surface area is 217 Å². The van der Waals surface area contributed by atoms with E-state index in [1.807, 2.05) is 12.1 Å². The van der Waals surface area contributed by atoms with Crippen molar-refractivity contribution in [2.45, 2.75) is 83.6 Å². The number of nitrogens with zero attached hydrogens (tertiary/aromatic N) is 1. The van der Waals surface area contributed by atoms with Crippen LogP contribution in [0.1, 0.15) is 80.4 Å². The summed E-state index contributed by atoms with van der Waals surface area (Å²) in [6.45, 7) is 11.5. The standard InChI is InChI=1S/C28H34Cl2FNO3/c1-27(2,3)35-26(33)24-13-23(18-6-7-18)19(11-25(24)31)14-32-15-22(34-16-28(32,4)5)10-17-8-20(29)12-21(30)9-17/h8-9,11-13,18,22H,6-7,10,14-16H2,1-5H3/t22-/m1/s1. The Morgan fingerprint density at radius 3 is 2.40 bits per heavy atom. The highest BCUT2D eigenvalue weighted by molar-refractivity contribution is 6.34. The molecule has 0 radical (unpaired) electrons. The maximum Gasteiger partial charge on any atom is 0.341 e. The Balaban J connectivity index is 1.56. The highest BCUT2D eigenvalue weighted by Gasteiger charge is 2.37. The van der Waals surface area contributed by atoms with Crippen LogP contribution in [0.3, 0.4) is 0 Å². The third-order valence-corrected chi connectivity index (χ3v) is 7.00. The molecule has 1 aliphatic carbocycles. The number of benzene rings is 2. The van der Waals surface area contributed by atoms with Gasteiger partial charge in [0.1, 0.15) is 11.4 Å². The molecule has 0 bridgehead atoms. The third-order valence-electron chi connectivity index (χ3n) is 6.56. The Morgan fingerprint density at radius 1 is 1.14 bits per heavy atom. The van der Waals surface area contributed by atoms with Crippen molar-refractivity contribution in [3.8, 4) is 0 Å². The van der Waals surface area contributed by atoms with Crippen LogP contribution >= 0.6 is 23.2 Å². The van der Waals surface area contributed by atoms with Gasteiger partial charge in [0.2, 0.25) is 0 Å². The molecule has 1 saturated heterocycles. The minimum atomic E-state index is -0.679. The number of carbonyl (C=O) groups is 1. The van der Waals surface area contributed by atoms with E-state index in [0.717, 1.165) is 29.5 Å². The number of halogens is 3. The van der Waals surface area contributed by atoms with Crippen molar-refractivity contribution in [1.29, 1.82) is 0 Å². The molecule has 0 aromatic heterocycles. The number of hydrogen-bond acceptors (Lipinski definition) is 4. The Bertz CT molecular complexity index is 1090. The van der Waals surface area contributed by atoms with Crippen LogP contribution in [0.2, 0.25) is 10.0 Å². The summed E-state index contributed by atoms with van der Waals surface area (Å²) in [4.78, 5) is 15.0. The first-order valence-corrected chi connectivity index (χ1v) is 12.9. The number of esters is 1. The summed E-state index contributed by atoms with van der Waals surface area (Å²) in [6, 6.07) is 8.80. The lowest BCUT2D eigenvalue weighted by Gasteiger charge is -2.45. The van der Waals surface area contributed by atoms with Crippen LogP contribution in [0.25, 0.3) is 0 Å². The maximum atomic E-state index is 15.2. The van der Waals surface area contributed by atoms with E-state index in [1.54, 1.807) is 32.9 Å². The number of hydrogen-bond donors (Lipinski definition) is 0. The minimum Gasteiger partial charge on any atom is -0.456 e. The second kappa shape index (κ2) is 10.0. The molecule has 4 rings (SSSR count). The molecule has 0 spiro atoms. The molecule has 35 heavy (non-hydrogen) atoms. The Morgan fingerprint density at radius 2 is 1.80 bits per heavy atom. The van der Waals surface area contributed by atoms with Gasteiger partial charge in [-0.2, -0.15) is 0 Å². The van der Waals surface area contributed by atoms with Crippen LogP contribution in [0, 0.1) is 5.82 Å². The summed E-state index contributed by atoms with van der Waals surface area (Å²) in [7, 11) is 0. The fourth-order valence-electron chi connectivity index (χ4n) is 4.59. The molecule has 1 heterocycles. The molecule has 190 valence electrons. The molecule has 1 aliphatic heterocycles. The lowest BCUT2D eigenvalue weighted by molar-refractivity contribution is -0.101. The first-order chi connectivity index (χ1) is 16.3. The zero-order valence-electron chi connectivity index (χ0n) is 21.1. The summed E-state index contributed by atoms with van der Waals surface area (Å²) in [5.74, 6) is -0.787. The normalized spacial score (nSPS) is 20.6. The van der Waals surface area contributed by atoms with Crippen molar-refractivity contribution in [1.82, 2.24) is 4.90 Å². The molecular formula is C28H34Cl2FNO3. The maximum absolute atomic E-state index is 15.2. The van der Waals surface area contributed by atoms with Gasteiger partial charge in [-0.1, -0.05) is 23.2 Å². The molecule has 2 fully saturated rings. The molecule has 1 atom stereocenters. The zero-order chi connectivity index (χ0) is 25.5. The Hall–Kier alpha value is -1.66. The van der Waals surface area contributed by atoms with Gasteiger partial charge in [-0.05, 0) is 107 Å². The van der Waals surface area contributed by atoms with Crippen LogP contribution in [0.15, 0.2) is 30.3 Å². The summed E-state index contributed by atoms with van der Waals surface area (Å²) >= 11 is 12.4. The molecule has 4 nitrogen and oxygen atoms in total. The van der Waals surface area contributed by atoms with Gasteiger partial charge in [-0.15, -0.1) is 0 Å². The van der Waals surface area contributed by atoms with Crippen molar-refractivity contribution in [3.63, 3.8) is 0 Å².